The van der Waals surface area contributed by atoms with Crippen molar-refractivity contribution in [2.45, 2.75) is 13.8 Å². The third kappa shape index (κ3) is 4.39. The number of aliphatic hydroxyl groups is 1. The third-order valence-corrected chi connectivity index (χ3v) is 9.94. The predicted octanol–water partition coefficient (Wildman–Crippen LogP) is 2.66. The summed E-state index contributed by atoms with van der Waals surface area (Å²) in [6.07, 6.45) is 0. The van der Waals surface area contributed by atoms with Gasteiger partial charge >= 0.3 is 0 Å². The fraction of sp³-hybridized carbons (Fsp3) is 1.00. The summed E-state index contributed by atoms with van der Waals surface area (Å²) in [6, 6.07) is 0. The van der Waals surface area contributed by atoms with Gasteiger partial charge in [-0.2, -0.15) is 0 Å². The minimum absolute atomic E-state index is 0.0739. The van der Waals surface area contributed by atoms with E-state index in [1.807, 2.05) is 0 Å². The number of aliphatic hydroxyl groups excluding tert-OH is 1. The quantitative estimate of drug-likeness (QED) is 0.483. The van der Waals surface area contributed by atoms with Crippen molar-refractivity contribution in [3.63, 3.8) is 0 Å². The zero-order chi connectivity index (χ0) is 10.7. The highest BCUT2D eigenvalue weighted by Crippen LogP contribution is 2.68. The van der Waals surface area contributed by atoms with Crippen molar-refractivity contribution in [1.29, 1.82) is 0 Å². The molecule has 1 aliphatic rings. The zero-order valence-electron chi connectivity index (χ0n) is 8.26. The van der Waals surface area contributed by atoms with Crippen LogP contribution in [-0.2, 0) is 20.9 Å². The highest BCUT2D eigenvalue weighted by atomic mass is 33.4. The van der Waals surface area contributed by atoms with Crippen molar-refractivity contribution in [3.8, 4) is 0 Å². The summed E-state index contributed by atoms with van der Waals surface area (Å²) in [5.41, 5.74) is -2.05. The first-order valence-corrected chi connectivity index (χ1v) is 9.85. The van der Waals surface area contributed by atoms with Crippen LogP contribution < -0.4 is 0 Å². The second kappa shape index (κ2) is 5.53. The molecule has 1 N–H and O–H groups in total. The average molecular weight is 274 g/mol. The third-order valence-electron chi connectivity index (χ3n) is 1.55. The molecule has 0 aromatic carbocycles. The van der Waals surface area contributed by atoms with Gasteiger partial charge in [0.05, 0.1) is 19.8 Å². The molecule has 3 nitrogen and oxygen atoms in total. The standard InChI is InChI=1S/C7H15O3PS3/c1-7(2)5-9-11(12,10-6-7)14-13-4-3-8/h8H,3-6H2,1-2H3. The molecule has 0 radical (unpaired) electrons. The van der Waals surface area contributed by atoms with Crippen molar-refractivity contribution in [2.24, 2.45) is 5.41 Å². The first-order chi connectivity index (χ1) is 6.47. The lowest BCUT2D eigenvalue weighted by Crippen LogP contribution is -2.28. The van der Waals surface area contributed by atoms with Crippen LogP contribution in [0, 0.1) is 5.41 Å². The van der Waals surface area contributed by atoms with E-state index in [1.165, 1.54) is 21.2 Å². The molecule has 0 aromatic heterocycles. The Bertz CT molecular complexity index is 220. The van der Waals surface area contributed by atoms with E-state index in [-0.39, 0.29) is 12.0 Å². The Morgan fingerprint density at radius 2 is 2.00 bits per heavy atom. The van der Waals surface area contributed by atoms with Crippen molar-refractivity contribution in [3.05, 3.63) is 0 Å². The molecule has 14 heavy (non-hydrogen) atoms. The molecule has 1 fully saturated rings. The highest BCUT2D eigenvalue weighted by Gasteiger charge is 2.33. The summed E-state index contributed by atoms with van der Waals surface area (Å²) in [7, 11) is 2.98. The average Bonchev–Trinajstić information content (AvgIpc) is 2.12. The molecule has 1 saturated heterocycles. The summed E-state index contributed by atoms with van der Waals surface area (Å²) in [5, 5.41) is 8.63. The molecule has 7 heteroatoms. The molecule has 1 rings (SSSR count). The maximum absolute atomic E-state index is 8.63. The van der Waals surface area contributed by atoms with Gasteiger partial charge in [-0.3, -0.25) is 0 Å². The summed E-state index contributed by atoms with van der Waals surface area (Å²) < 4.78 is 11.2. The second-order valence-corrected chi connectivity index (χ2v) is 12.1. The Hall–Kier alpha value is 1.23. The van der Waals surface area contributed by atoms with Gasteiger partial charge in [-0.25, -0.2) is 0 Å². The Morgan fingerprint density at radius 3 is 2.50 bits per heavy atom. The fourth-order valence-electron chi connectivity index (χ4n) is 0.769. The maximum Gasteiger partial charge on any atom is 0.257 e. The number of rotatable bonds is 4. The first-order valence-electron chi connectivity index (χ1n) is 4.29. The number of hydrogen-bond donors (Lipinski definition) is 1. The normalized spacial score (nSPS) is 24.8. The van der Waals surface area contributed by atoms with Crippen molar-refractivity contribution < 1.29 is 14.2 Å². The Labute approximate surface area is 97.6 Å². The zero-order valence-corrected chi connectivity index (χ0v) is 11.6. The van der Waals surface area contributed by atoms with E-state index >= 15 is 0 Å². The van der Waals surface area contributed by atoms with Crippen LogP contribution in [0.2, 0.25) is 0 Å². The Morgan fingerprint density at radius 1 is 1.43 bits per heavy atom. The van der Waals surface area contributed by atoms with Gasteiger partial charge in [0.15, 0.2) is 0 Å². The fourth-order valence-corrected chi connectivity index (χ4v) is 7.72. The van der Waals surface area contributed by atoms with Crippen molar-refractivity contribution >= 4 is 38.7 Å². The van der Waals surface area contributed by atoms with Crippen LogP contribution in [0.15, 0.2) is 0 Å². The van der Waals surface area contributed by atoms with Gasteiger partial charge in [-0.1, -0.05) is 24.6 Å². The van der Waals surface area contributed by atoms with Gasteiger partial charge in [0, 0.05) is 11.2 Å². The minimum atomic E-state index is -2.12. The molecule has 0 spiro atoms. The molecule has 0 unspecified atom stereocenters. The second-order valence-electron chi connectivity index (χ2n) is 3.78. The molecular formula is C7H15O3PS3. The van der Waals surface area contributed by atoms with Crippen LogP contribution in [0.5, 0.6) is 0 Å². The molecule has 0 saturated carbocycles. The highest BCUT2D eigenvalue weighted by molar-refractivity contribution is 9.03. The van der Waals surface area contributed by atoms with Gasteiger partial charge in [0.25, 0.3) is 5.69 Å². The molecule has 0 bridgehead atoms. The lowest BCUT2D eigenvalue weighted by molar-refractivity contribution is 0.0673. The van der Waals surface area contributed by atoms with Gasteiger partial charge in [0.2, 0.25) is 0 Å². The maximum atomic E-state index is 8.63. The lowest BCUT2D eigenvalue weighted by atomic mass is 9.97. The van der Waals surface area contributed by atoms with Crippen LogP contribution in [0.25, 0.3) is 0 Å². The van der Waals surface area contributed by atoms with E-state index in [2.05, 4.69) is 13.8 Å². The molecule has 0 aromatic rings. The van der Waals surface area contributed by atoms with Gasteiger partial charge in [-0.15, -0.1) is 0 Å². The molecule has 0 atom stereocenters. The summed E-state index contributed by atoms with van der Waals surface area (Å²) in [6.45, 7) is 5.68. The minimum Gasteiger partial charge on any atom is -0.395 e. The van der Waals surface area contributed by atoms with E-state index in [9.17, 15) is 0 Å². The van der Waals surface area contributed by atoms with Gasteiger partial charge < -0.3 is 14.2 Å². The van der Waals surface area contributed by atoms with Crippen LogP contribution in [0.4, 0.5) is 0 Å². The van der Waals surface area contributed by atoms with Crippen LogP contribution >= 0.6 is 26.9 Å². The topological polar surface area (TPSA) is 38.7 Å². The van der Waals surface area contributed by atoms with E-state index in [1.54, 1.807) is 0 Å². The van der Waals surface area contributed by atoms with Crippen LogP contribution in [-0.4, -0.2) is 30.7 Å². The van der Waals surface area contributed by atoms with Gasteiger partial charge in [-0.05, 0) is 22.2 Å². The van der Waals surface area contributed by atoms with Crippen LogP contribution in [0.1, 0.15) is 13.8 Å². The molecule has 0 aliphatic carbocycles. The predicted molar refractivity (Wildman–Crippen MR) is 67.1 cm³/mol. The lowest BCUT2D eigenvalue weighted by Gasteiger charge is -2.35. The van der Waals surface area contributed by atoms with E-state index in [0.29, 0.717) is 19.0 Å². The summed E-state index contributed by atoms with van der Waals surface area (Å²) in [5.74, 6) is 0.666. The summed E-state index contributed by atoms with van der Waals surface area (Å²) >= 11 is 5.30. The summed E-state index contributed by atoms with van der Waals surface area (Å²) in [4.78, 5) is 0. The SMILES string of the molecule is CC1(C)COP(=S)(SSCCO)OC1. The van der Waals surface area contributed by atoms with E-state index in [4.69, 9.17) is 26.0 Å². The van der Waals surface area contributed by atoms with Gasteiger partial charge in [0.1, 0.15) is 0 Å². The Balaban J connectivity index is 2.34. The molecule has 0 amide bonds. The van der Waals surface area contributed by atoms with E-state index in [0.717, 1.165) is 0 Å². The molecule has 84 valence electrons. The molecule has 1 aliphatic heterocycles. The molecule has 1 heterocycles. The Kier molecular flexibility index (Phi) is 5.25. The van der Waals surface area contributed by atoms with Crippen molar-refractivity contribution in [1.82, 2.24) is 0 Å². The van der Waals surface area contributed by atoms with E-state index < -0.39 is 5.69 Å². The smallest absolute Gasteiger partial charge is 0.257 e. The largest absolute Gasteiger partial charge is 0.395 e. The van der Waals surface area contributed by atoms with Crippen LogP contribution in [0.3, 0.4) is 0 Å². The first kappa shape index (κ1) is 13.3. The van der Waals surface area contributed by atoms with Crippen molar-refractivity contribution in [2.75, 3.05) is 25.6 Å². The monoisotopic (exact) mass is 274 g/mol. The number of hydrogen-bond acceptors (Lipinski definition) is 6. The molecular weight excluding hydrogens is 259 g/mol.